The Kier molecular flexibility index (Phi) is 4.43. The van der Waals surface area contributed by atoms with E-state index in [2.05, 4.69) is 5.32 Å². The van der Waals surface area contributed by atoms with Gasteiger partial charge in [0, 0.05) is 25.7 Å². The Bertz CT molecular complexity index is 379. The highest BCUT2D eigenvalue weighted by molar-refractivity contribution is 5.95. The molecule has 0 saturated heterocycles. The molecule has 88 valence electrons. The molecule has 0 bridgehead atoms. The molecule has 1 amide bonds. The van der Waals surface area contributed by atoms with Crippen molar-refractivity contribution < 1.29 is 9.18 Å². The number of nitrogens with zero attached hydrogens (tertiary/aromatic N) is 1. The highest BCUT2D eigenvalue weighted by Gasteiger charge is 2.13. The molecule has 1 rings (SSSR count). The molecule has 1 aromatic rings. The van der Waals surface area contributed by atoms with Gasteiger partial charge in [-0.05, 0) is 37.7 Å². The number of halogens is 1. The molecule has 0 heterocycles. The lowest BCUT2D eigenvalue weighted by Gasteiger charge is -2.18. The van der Waals surface area contributed by atoms with E-state index in [1.54, 1.807) is 18.9 Å². The molecular weight excluding hydrogens is 207 g/mol. The number of rotatable bonds is 4. The molecule has 0 radical (unpaired) electrons. The minimum Gasteiger partial charge on any atom is -0.340 e. The van der Waals surface area contributed by atoms with Crippen molar-refractivity contribution in [2.75, 3.05) is 27.2 Å². The van der Waals surface area contributed by atoms with Crippen LogP contribution < -0.4 is 5.32 Å². The number of carbonyl (C=O) groups excluding carboxylic acids is 1. The van der Waals surface area contributed by atoms with E-state index in [9.17, 15) is 9.18 Å². The van der Waals surface area contributed by atoms with Crippen molar-refractivity contribution in [1.29, 1.82) is 0 Å². The number of amides is 1. The zero-order valence-corrected chi connectivity index (χ0v) is 9.88. The number of benzene rings is 1. The van der Waals surface area contributed by atoms with Gasteiger partial charge in [0.1, 0.15) is 5.82 Å². The molecule has 0 aliphatic carbocycles. The first-order valence-electron chi connectivity index (χ1n) is 5.22. The number of aryl methyl sites for hydroxylation is 1. The summed E-state index contributed by atoms with van der Waals surface area (Å²) in [7, 11) is 3.57. The maximum absolute atomic E-state index is 12.9. The summed E-state index contributed by atoms with van der Waals surface area (Å²) in [5, 5.41) is 2.97. The number of hydrogen-bond acceptors (Lipinski definition) is 2. The van der Waals surface area contributed by atoms with E-state index in [0.717, 1.165) is 6.54 Å². The molecule has 0 atom stereocenters. The van der Waals surface area contributed by atoms with Crippen LogP contribution in [0.1, 0.15) is 15.9 Å². The second kappa shape index (κ2) is 5.61. The van der Waals surface area contributed by atoms with Gasteiger partial charge in [0.15, 0.2) is 0 Å². The standard InChI is InChI=1S/C12H17FN2O/c1-9-8-10(13)4-5-11(9)12(16)15(3)7-6-14-2/h4-5,8,14H,6-7H2,1-3H3. The third-order valence-electron chi connectivity index (χ3n) is 2.46. The fourth-order valence-corrected chi connectivity index (χ4v) is 1.45. The van der Waals surface area contributed by atoms with E-state index in [-0.39, 0.29) is 11.7 Å². The van der Waals surface area contributed by atoms with Gasteiger partial charge in [-0.3, -0.25) is 4.79 Å². The van der Waals surface area contributed by atoms with Crippen molar-refractivity contribution in [2.45, 2.75) is 6.92 Å². The van der Waals surface area contributed by atoms with Crippen LogP contribution in [0, 0.1) is 12.7 Å². The maximum atomic E-state index is 12.9. The molecular formula is C12H17FN2O. The number of carbonyl (C=O) groups is 1. The summed E-state index contributed by atoms with van der Waals surface area (Å²) in [6.45, 7) is 3.11. The van der Waals surface area contributed by atoms with Crippen molar-refractivity contribution in [3.8, 4) is 0 Å². The molecule has 16 heavy (non-hydrogen) atoms. The van der Waals surface area contributed by atoms with Gasteiger partial charge in [-0.1, -0.05) is 0 Å². The molecule has 1 N–H and O–H groups in total. The molecule has 0 aliphatic rings. The first-order chi connectivity index (χ1) is 7.56. The number of likely N-dealkylation sites (N-methyl/N-ethyl adjacent to an activating group) is 2. The van der Waals surface area contributed by atoms with E-state index in [1.165, 1.54) is 18.2 Å². The molecule has 3 nitrogen and oxygen atoms in total. The highest BCUT2D eigenvalue weighted by atomic mass is 19.1. The second-order valence-corrected chi connectivity index (χ2v) is 3.79. The van der Waals surface area contributed by atoms with Crippen LogP contribution >= 0.6 is 0 Å². The topological polar surface area (TPSA) is 32.3 Å². The lowest BCUT2D eigenvalue weighted by molar-refractivity contribution is 0.0796. The fourth-order valence-electron chi connectivity index (χ4n) is 1.45. The van der Waals surface area contributed by atoms with Crippen LogP contribution in [0.5, 0.6) is 0 Å². The first-order valence-corrected chi connectivity index (χ1v) is 5.22. The lowest BCUT2D eigenvalue weighted by Crippen LogP contribution is -2.33. The Balaban J connectivity index is 2.79. The number of hydrogen-bond donors (Lipinski definition) is 1. The largest absolute Gasteiger partial charge is 0.340 e. The lowest BCUT2D eigenvalue weighted by atomic mass is 10.1. The Hall–Kier alpha value is -1.42. The van der Waals surface area contributed by atoms with Gasteiger partial charge in [-0.2, -0.15) is 0 Å². The fraction of sp³-hybridized carbons (Fsp3) is 0.417. The van der Waals surface area contributed by atoms with Crippen LogP contribution in [-0.2, 0) is 0 Å². The minimum absolute atomic E-state index is 0.0762. The van der Waals surface area contributed by atoms with Crippen LogP contribution in [-0.4, -0.2) is 38.0 Å². The van der Waals surface area contributed by atoms with E-state index < -0.39 is 0 Å². The third kappa shape index (κ3) is 3.03. The van der Waals surface area contributed by atoms with Crippen molar-refractivity contribution in [1.82, 2.24) is 10.2 Å². The van der Waals surface area contributed by atoms with Gasteiger partial charge in [-0.25, -0.2) is 4.39 Å². The molecule has 0 unspecified atom stereocenters. The van der Waals surface area contributed by atoms with E-state index in [1.807, 2.05) is 7.05 Å². The van der Waals surface area contributed by atoms with Gasteiger partial charge < -0.3 is 10.2 Å². The molecule has 0 aliphatic heterocycles. The average molecular weight is 224 g/mol. The zero-order valence-electron chi connectivity index (χ0n) is 9.88. The summed E-state index contributed by atoms with van der Waals surface area (Å²) < 4.78 is 12.9. The molecule has 0 spiro atoms. The summed E-state index contributed by atoms with van der Waals surface area (Å²) in [6.07, 6.45) is 0. The van der Waals surface area contributed by atoms with E-state index >= 15 is 0 Å². The summed E-state index contributed by atoms with van der Waals surface area (Å²) in [5.74, 6) is -0.389. The smallest absolute Gasteiger partial charge is 0.253 e. The SMILES string of the molecule is CNCCN(C)C(=O)c1ccc(F)cc1C. The predicted molar refractivity (Wildman–Crippen MR) is 62.0 cm³/mol. The molecule has 0 fully saturated rings. The summed E-state index contributed by atoms with van der Waals surface area (Å²) in [5.41, 5.74) is 1.22. The van der Waals surface area contributed by atoms with E-state index in [4.69, 9.17) is 0 Å². The quantitative estimate of drug-likeness (QED) is 0.839. The van der Waals surface area contributed by atoms with Crippen molar-refractivity contribution in [3.63, 3.8) is 0 Å². The first kappa shape index (κ1) is 12.6. The molecule has 0 aromatic heterocycles. The Morgan fingerprint density at radius 1 is 1.50 bits per heavy atom. The highest BCUT2D eigenvalue weighted by Crippen LogP contribution is 2.11. The normalized spacial score (nSPS) is 10.2. The van der Waals surface area contributed by atoms with Crippen LogP contribution in [0.2, 0.25) is 0 Å². The second-order valence-electron chi connectivity index (χ2n) is 3.79. The molecule has 4 heteroatoms. The van der Waals surface area contributed by atoms with Gasteiger partial charge in [0.25, 0.3) is 5.91 Å². The zero-order chi connectivity index (χ0) is 12.1. The van der Waals surface area contributed by atoms with Crippen molar-refractivity contribution in [2.24, 2.45) is 0 Å². The average Bonchev–Trinajstić information content (AvgIpc) is 2.25. The van der Waals surface area contributed by atoms with Crippen LogP contribution in [0.4, 0.5) is 4.39 Å². The summed E-state index contributed by atoms with van der Waals surface area (Å²) in [6, 6.07) is 4.22. The van der Waals surface area contributed by atoms with Crippen LogP contribution in [0.3, 0.4) is 0 Å². The van der Waals surface area contributed by atoms with Crippen molar-refractivity contribution in [3.05, 3.63) is 35.1 Å². The predicted octanol–water partition coefficient (Wildman–Crippen LogP) is 1.43. The number of nitrogens with one attached hydrogen (secondary N) is 1. The Morgan fingerprint density at radius 3 is 2.75 bits per heavy atom. The van der Waals surface area contributed by atoms with Gasteiger partial charge in [0.05, 0.1) is 0 Å². The molecule has 1 aromatic carbocycles. The summed E-state index contributed by atoms with van der Waals surface area (Å²) >= 11 is 0. The molecule has 0 saturated carbocycles. The minimum atomic E-state index is -0.313. The Labute approximate surface area is 95.3 Å². The monoisotopic (exact) mass is 224 g/mol. The third-order valence-corrected chi connectivity index (χ3v) is 2.46. The van der Waals surface area contributed by atoms with E-state index in [0.29, 0.717) is 17.7 Å². The van der Waals surface area contributed by atoms with Crippen molar-refractivity contribution >= 4 is 5.91 Å². The maximum Gasteiger partial charge on any atom is 0.253 e. The summed E-state index contributed by atoms with van der Waals surface area (Å²) in [4.78, 5) is 13.6. The van der Waals surface area contributed by atoms with Gasteiger partial charge in [-0.15, -0.1) is 0 Å². The van der Waals surface area contributed by atoms with Gasteiger partial charge >= 0.3 is 0 Å². The van der Waals surface area contributed by atoms with Crippen LogP contribution in [0.25, 0.3) is 0 Å². The van der Waals surface area contributed by atoms with Crippen LogP contribution in [0.15, 0.2) is 18.2 Å². The van der Waals surface area contributed by atoms with Gasteiger partial charge in [0.2, 0.25) is 0 Å². The Morgan fingerprint density at radius 2 is 2.19 bits per heavy atom.